The van der Waals surface area contributed by atoms with Gasteiger partial charge >= 0.3 is 0 Å². The van der Waals surface area contributed by atoms with Crippen molar-refractivity contribution in [2.24, 2.45) is 5.92 Å². The molecule has 0 fully saturated rings. The smallest absolute Gasteiger partial charge is 0.258 e. The first kappa shape index (κ1) is 19.3. The van der Waals surface area contributed by atoms with E-state index in [4.69, 9.17) is 9.16 Å². The molecule has 0 bridgehead atoms. The van der Waals surface area contributed by atoms with Gasteiger partial charge in [0.1, 0.15) is 0 Å². The van der Waals surface area contributed by atoms with Gasteiger partial charge in [-0.2, -0.15) is 0 Å². The van der Waals surface area contributed by atoms with Crippen LogP contribution in [0.2, 0.25) is 16.6 Å². The molecule has 1 aliphatic heterocycles. The Kier molecular flexibility index (Phi) is 6.32. The van der Waals surface area contributed by atoms with Gasteiger partial charge in [0.2, 0.25) is 0 Å². The van der Waals surface area contributed by atoms with Gasteiger partial charge < -0.3 is 9.16 Å². The van der Waals surface area contributed by atoms with Gasteiger partial charge in [-0.05, 0) is 28.3 Å². The molecular weight excluding hydrogens is 312 g/mol. The molecule has 3 heteroatoms. The summed E-state index contributed by atoms with van der Waals surface area (Å²) in [7, 11) is -1.91. The Morgan fingerprint density at radius 3 is 2.00 bits per heavy atom. The molecule has 1 aliphatic rings. The van der Waals surface area contributed by atoms with E-state index < -0.39 is 8.32 Å². The maximum absolute atomic E-state index is 6.95. The standard InChI is InChI=1S/C21H34O2Si/c1-15(2)24(16(3)4,17(5)6)23-20-13-14-22-21(18(20)7)19-11-9-8-10-12-19/h8-13,15-18,21H,14H2,1-7H3/t18-,21-/m0/s1. The van der Waals surface area contributed by atoms with Gasteiger partial charge in [-0.25, -0.2) is 0 Å². The maximum Gasteiger partial charge on any atom is 0.258 e. The summed E-state index contributed by atoms with van der Waals surface area (Å²) in [4.78, 5) is 0. The van der Waals surface area contributed by atoms with Crippen LogP contribution < -0.4 is 0 Å². The van der Waals surface area contributed by atoms with Crippen molar-refractivity contribution in [2.75, 3.05) is 6.61 Å². The Morgan fingerprint density at radius 1 is 0.958 bits per heavy atom. The second-order valence-corrected chi connectivity index (χ2v) is 13.4. The molecule has 2 nitrogen and oxygen atoms in total. The molecule has 0 saturated carbocycles. The van der Waals surface area contributed by atoms with Gasteiger partial charge in [0.05, 0.1) is 18.5 Å². The predicted molar refractivity (Wildman–Crippen MR) is 105 cm³/mol. The third-order valence-electron chi connectivity index (χ3n) is 5.59. The molecule has 0 spiro atoms. The summed E-state index contributed by atoms with van der Waals surface area (Å²) in [5.74, 6) is 1.40. The first-order valence-corrected chi connectivity index (χ1v) is 11.5. The van der Waals surface area contributed by atoms with Crippen LogP contribution in [-0.2, 0) is 9.16 Å². The van der Waals surface area contributed by atoms with Crippen LogP contribution in [-0.4, -0.2) is 14.9 Å². The minimum Gasteiger partial charge on any atom is -0.546 e. The molecule has 0 amide bonds. The van der Waals surface area contributed by atoms with Crippen LogP contribution >= 0.6 is 0 Å². The van der Waals surface area contributed by atoms with Crippen LogP contribution in [0.4, 0.5) is 0 Å². The summed E-state index contributed by atoms with van der Waals surface area (Å²) >= 11 is 0. The highest BCUT2D eigenvalue weighted by atomic mass is 28.4. The fourth-order valence-corrected chi connectivity index (χ4v) is 9.82. The minimum absolute atomic E-state index is 0.0874. The van der Waals surface area contributed by atoms with E-state index in [1.165, 1.54) is 5.56 Å². The lowest BCUT2D eigenvalue weighted by molar-refractivity contribution is 0.0155. The number of hydrogen-bond acceptors (Lipinski definition) is 2. The van der Waals surface area contributed by atoms with E-state index in [2.05, 4.69) is 84.9 Å². The van der Waals surface area contributed by atoms with Crippen LogP contribution in [0.5, 0.6) is 0 Å². The van der Waals surface area contributed by atoms with E-state index in [0.29, 0.717) is 23.2 Å². The van der Waals surface area contributed by atoms with Gasteiger partial charge in [0.15, 0.2) is 0 Å². The Labute approximate surface area is 149 Å². The van der Waals surface area contributed by atoms with Gasteiger partial charge in [0, 0.05) is 5.92 Å². The summed E-state index contributed by atoms with van der Waals surface area (Å²) in [5.41, 5.74) is 3.00. The molecule has 134 valence electrons. The van der Waals surface area contributed by atoms with Crippen molar-refractivity contribution in [2.45, 2.75) is 71.2 Å². The lowest BCUT2D eigenvalue weighted by atomic mass is 9.94. The molecule has 0 unspecified atom stereocenters. The van der Waals surface area contributed by atoms with Crippen LogP contribution in [0.3, 0.4) is 0 Å². The second-order valence-electron chi connectivity index (χ2n) is 7.98. The van der Waals surface area contributed by atoms with Gasteiger partial charge in [-0.3, -0.25) is 0 Å². The van der Waals surface area contributed by atoms with Gasteiger partial charge in [-0.15, -0.1) is 0 Å². The molecule has 2 rings (SSSR count). The first-order chi connectivity index (χ1) is 11.3. The molecule has 1 aromatic carbocycles. The topological polar surface area (TPSA) is 18.5 Å². The third-order valence-corrected chi connectivity index (χ3v) is 11.6. The summed E-state index contributed by atoms with van der Waals surface area (Å²) in [6.07, 6.45) is 2.25. The van der Waals surface area contributed by atoms with Crippen molar-refractivity contribution in [1.82, 2.24) is 0 Å². The highest BCUT2D eigenvalue weighted by molar-refractivity contribution is 6.77. The highest BCUT2D eigenvalue weighted by Crippen LogP contribution is 2.46. The third kappa shape index (κ3) is 3.62. The molecule has 24 heavy (non-hydrogen) atoms. The van der Waals surface area contributed by atoms with Crippen molar-refractivity contribution in [3.63, 3.8) is 0 Å². The summed E-state index contributed by atoms with van der Waals surface area (Å²) in [6, 6.07) is 10.5. The van der Waals surface area contributed by atoms with Crippen molar-refractivity contribution in [1.29, 1.82) is 0 Å². The van der Waals surface area contributed by atoms with Crippen LogP contribution in [0.1, 0.15) is 60.1 Å². The number of benzene rings is 1. The average Bonchev–Trinajstić information content (AvgIpc) is 2.53. The SMILES string of the molecule is CC(C)[Si](OC1=CCO[C@H](c2ccccc2)[C@H]1C)(C(C)C)C(C)C. The fourth-order valence-electron chi connectivity index (χ4n) is 4.43. The van der Waals surface area contributed by atoms with E-state index in [-0.39, 0.29) is 12.0 Å². The zero-order valence-corrected chi connectivity index (χ0v) is 17.4. The van der Waals surface area contributed by atoms with Crippen molar-refractivity contribution in [3.8, 4) is 0 Å². The molecule has 0 saturated heterocycles. The number of ether oxygens (including phenoxy) is 1. The van der Waals surface area contributed by atoms with Crippen LogP contribution in [0, 0.1) is 5.92 Å². The van der Waals surface area contributed by atoms with Gasteiger partial charge in [-0.1, -0.05) is 78.8 Å². The first-order valence-electron chi connectivity index (χ1n) is 9.36. The molecule has 2 atom stereocenters. The molecule has 0 aliphatic carbocycles. The molecule has 1 aromatic rings. The number of rotatable bonds is 6. The monoisotopic (exact) mass is 346 g/mol. The molecule has 0 aromatic heterocycles. The van der Waals surface area contributed by atoms with E-state index in [0.717, 1.165) is 5.76 Å². The summed E-state index contributed by atoms with van der Waals surface area (Å²) in [6.45, 7) is 16.9. The van der Waals surface area contributed by atoms with E-state index >= 15 is 0 Å². The van der Waals surface area contributed by atoms with Gasteiger partial charge in [0.25, 0.3) is 8.32 Å². The summed E-state index contributed by atoms with van der Waals surface area (Å²) in [5, 5.41) is 0. The minimum atomic E-state index is -1.91. The Hall–Kier alpha value is -1.06. The average molecular weight is 347 g/mol. The molecular formula is C21H34O2Si. The quantitative estimate of drug-likeness (QED) is 0.549. The fraction of sp³-hybridized carbons (Fsp3) is 0.619. The van der Waals surface area contributed by atoms with Crippen molar-refractivity contribution in [3.05, 3.63) is 47.7 Å². The van der Waals surface area contributed by atoms with Crippen LogP contribution in [0.15, 0.2) is 42.2 Å². The van der Waals surface area contributed by atoms with Crippen molar-refractivity contribution >= 4 is 8.32 Å². The van der Waals surface area contributed by atoms with E-state index in [9.17, 15) is 0 Å². The van der Waals surface area contributed by atoms with E-state index in [1.807, 2.05) is 0 Å². The molecule has 1 heterocycles. The second kappa shape index (κ2) is 7.88. The molecule has 0 radical (unpaired) electrons. The lowest BCUT2D eigenvalue weighted by Crippen LogP contribution is -2.48. The largest absolute Gasteiger partial charge is 0.546 e. The van der Waals surface area contributed by atoms with E-state index in [1.54, 1.807) is 0 Å². The predicted octanol–water partition coefficient (Wildman–Crippen LogP) is 6.47. The van der Waals surface area contributed by atoms with Crippen LogP contribution in [0.25, 0.3) is 0 Å². The normalized spacial score (nSPS) is 22.2. The Bertz CT molecular complexity index is 526. The maximum atomic E-state index is 6.95. The Morgan fingerprint density at radius 2 is 1.50 bits per heavy atom. The zero-order chi connectivity index (χ0) is 17.9. The Balaban J connectivity index is 2.29. The summed E-state index contributed by atoms with van der Waals surface area (Å²) < 4.78 is 13.0. The lowest BCUT2D eigenvalue weighted by Gasteiger charge is -2.45. The van der Waals surface area contributed by atoms with Crippen molar-refractivity contribution < 1.29 is 9.16 Å². The number of hydrogen-bond donors (Lipinski definition) is 0. The molecule has 0 N–H and O–H groups in total. The zero-order valence-electron chi connectivity index (χ0n) is 16.4. The highest BCUT2D eigenvalue weighted by Gasteiger charge is 2.48.